The largest absolute Gasteiger partial charge is 0.355 e. The van der Waals surface area contributed by atoms with Gasteiger partial charge < -0.3 is 15.2 Å². The van der Waals surface area contributed by atoms with E-state index in [0.717, 1.165) is 73.5 Å². The molecule has 2 fully saturated rings. The molecule has 0 spiro atoms. The molecule has 0 aromatic carbocycles. The number of hydrogen-bond acceptors (Lipinski definition) is 8. The van der Waals surface area contributed by atoms with Gasteiger partial charge in [0.05, 0.1) is 16.8 Å². The SMILES string of the molecule is Cl.NC1(c2noc(C3CCCN(c4ncnc5sccc45)C3)n2)CCCC1. The van der Waals surface area contributed by atoms with E-state index < -0.39 is 5.54 Å². The van der Waals surface area contributed by atoms with Crippen molar-refractivity contribution in [2.45, 2.75) is 50.0 Å². The van der Waals surface area contributed by atoms with Crippen LogP contribution in [0.3, 0.4) is 0 Å². The summed E-state index contributed by atoms with van der Waals surface area (Å²) < 4.78 is 5.64. The molecule has 2 N–H and O–H groups in total. The van der Waals surface area contributed by atoms with Gasteiger partial charge in [-0.25, -0.2) is 9.97 Å². The van der Waals surface area contributed by atoms with Crippen LogP contribution in [0.2, 0.25) is 0 Å². The molecule has 5 rings (SSSR count). The number of nitrogens with zero attached hydrogens (tertiary/aromatic N) is 5. The molecule has 27 heavy (non-hydrogen) atoms. The Morgan fingerprint density at radius 2 is 2.07 bits per heavy atom. The number of thiophene rings is 1. The van der Waals surface area contributed by atoms with Crippen molar-refractivity contribution in [3.63, 3.8) is 0 Å². The predicted molar refractivity (Wildman–Crippen MR) is 107 cm³/mol. The van der Waals surface area contributed by atoms with E-state index in [1.807, 2.05) is 0 Å². The van der Waals surface area contributed by atoms with E-state index in [2.05, 4.69) is 31.5 Å². The predicted octanol–water partition coefficient (Wildman–Crippen LogP) is 3.61. The molecule has 2 aliphatic rings. The zero-order chi connectivity index (χ0) is 17.6. The third-order valence-electron chi connectivity index (χ3n) is 5.69. The Labute approximate surface area is 167 Å². The first kappa shape index (κ1) is 18.6. The van der Waals surface area contributed by atoms with Crippen LogP contribution in [0.5, 0.6) is 0 Å². The Hall–Kier alpha value is -1.77. The molecule has 3 aromatic rings. The van der Waals surface area contributed by atoms with Crippen molar-refractivity contribution in [3.05, 3.63) is 29.5 Å². The second-order valence-electron chi connectivity index (χ2n) is 7.44. The highest BCUT2D eigenvalue weighted by Gasteiger charge is 2.37. The average Bonchev–Trinajstić information content (AvgIpc) is 3.42. The lowest BCUT2D eigenvalue weighted by molar-refractivity contribution is 0.320. The van der Waals surface area contributed by atoms with Gasteiger partial charge in [-0.2, -0.15) is 4.98 Å². The molecule has 1 aliphatic carbocycles. The summed E-state index contributed by atoms with van der Waals surface area (Å²) in [7, 11) is 0. The number of fused-ring (bicyclic) bond motifs is 1. The molecule has 4 heterocycles. The summed E-state index contributed by atoms with van der Waals surface area (Å²) in [6.07, 6.45) is 7.95. The fourth-order valence-corrected chi connectivity index (χ4v) is 4.96. The molecular formula is C18H23ClN6OS. The van der Waals surface area contributed by atoms with Gasteiger partial charge in [-0.05, 0) is 37.1 Å². The number of hydrogen-bond donors (Lipinski definition) is 1. The molecule has 3 aromatic heterocycles. The maximum atomic E-state index is 6.48. The molecule has 0 amide bonds. The summed E-state index contributed by atoms with van der Waals surface area (Å²) in [6.45, 7) is 1.82. The molecule has 1 saturated heterocycles. The van der Waals surface area contributed by atoms with E-state index in [-0.39, 0.29) is 18.3 Å². The molecular weight excluding hydrogens is 384 g/mol. The van der Waals surface area contributed by atoms with Crippen LogP contribution in [0.15, 0.2) is 22.3 Å². The zero-order valence-corrected chi connectivity index (χ0v) is 16.6. The standard InChI is InChI=1S/C18H22N6OS.ClH/c19-18(6-1-2-7-18)17-22-15(25-23-17)12-4-3-8-24(10-12)14-13-5-9-26-16(13)21-11-20-14;/h5,9,11-12H,1-4,6-8,10,19H2;1H. The van der Waals surface area contributed by atoms with Gasteiger partial charge in [0.1, 0.15) is 17.0 Å². The van der Waals surface area contributed by atoms with Crippen LogP contribution in [0.1, 0.15) is 56.2 Å². The Balaban J connectivity index is 0.00000180. The van der Waals surface area contributed by atoms with Crippen LogP contribution in [0.4, 0.5) is 5.82 Å². The number of aromatic nitrogens is 4. The highest BCUT2D eigenvalue weighted by Crippen LogP contribution is 2.37. The van der Waals surface area contributed by atoms with Crippen LogP contribution in [0.25, 0.3) is 10.2 Å². The number of piperidine rings is 1. The molecule has 1 atom stereocenters. The minimum Gasteiger partial charge on any atom is -0.355 e. The van der Waals surface area contributed by atoms with Gasteiger partial charge in [0.15, 0.2) is 5.82 Å². The molecule has 144 valence electrons. The van der Waals surface area contributed by atoms with Crippen molar-refractivity contribution >= 4 is 39.8 Å². The summed E-state index contributed by atoms with van der Waals surface area (Å²) >= 11 is 1.65. The van der Waals surface area contributed by atoms with Crippen molar-refractivity contribution in [1.82, 2.24) is 20.1 Å². The first-order chi connectivity index (χ1) is 12.7. The number of anilines is 1. The second kappa shape index (κ2) is 7.33. The van der Waals surface area contributed by atoms with E-state index in [1.165, 1.54) is 0 Å². The Bertz CT molecular complexity index is 921. The third-order valence-corrected chi connectivity index (χ3v) is 6.51. The van der Waals surface area contributed by atoms with E-state index in [0.29, 0.717) is 5.82 Å². The average molecular weight is 407 g/mol. The van der Waals surface area contributed by atoms with Crippen LogP contribution >= 0.6 is 23.7 Å². The second-order valence-corrected chi connectivity index (χ2v) is 8.34. The van der Waals surface area contributed by atoms with Gasteiger partial charge in [-0.3, -0.25) is 0 Å². The minimum absolute atomic E-state index is 0. The Morgan fingerprint density at radius 3 is 2.93 bits per heavy atom. The fraction of sp³-hybridized carbons (Fsp3) is 0.556. The lowest BCUT2D eigenvalue weighted by Gasteiger charge is -2.32. The maximum Gasteiger partial charge on any atom is 0.231 e. The monoisotopic (exact) mass is 406 g/mol. The van der Waals surface area contributed by atoms with Crippen molar-refractivity contribution in [2.24, 2.45) is 5.73 Å². The smallest absolute Gasteiger partial charge is 0.231 e. The third kappa shape index (κ3) is 3.30. The summed E-state index contributed by atoms with van der Waals surface area (Å²) in [5.41, 5.74) is 6.08. The minimum atomic E-state index is -0.397. The van der Waals surface area contributed by atoms with Crippen molar-refractivity contribution < 1.29 is 4.52 Å². The zero-order valence-electron chi connectivity index (χ0n) is 15.0. The van der Waals surface area contributed by atoms with Crippen molar-refractivity contribution in [2.75, 3.05) is 18.0 Å². The van der Waals surface area contributed by atoms with E-state index in [4.69, 9.17) is 15.2 Å². The fourth-order valence-electron chi connectivity index (χ4n) is 4.23. The molecule has 7 nitrogen and oxygen atoms in total. The van der Waals surface area contributed by atoms with E-state index in [9.17, 15) is 0 Å². The Morgan fingerprint density at radius 1 is 1.22 bits per heavy atom. The quantitative estimate of drug-likeness (QED) is 0.709. The first-order valence-corrected chi connectivity index (χ1v) is 10.2. The molecule has 0 radical (unpaired) electrons. The van der Waals surface area contributed by atoms with Crippen LogP contribution in [0, 0.1) is 0 Å². The molecule has 1 unspecified atom stereocenters. The van der Waals surface area contributed by atoms with Crippen LogP contribution < -0.4 is 10.6 Å². The lowest BCUT2D eigenvalue weighted by atomic mass is 9.96. The summed E-state index contributed by atoms with van der Waals surface area (Å²) in [6, 6.07) is 2.10. The van der Waals surface area contributed by atoms with E-state index in [1.54, 1.807) is 17.7 Å². The summed E-state index contributed by atoms with van der Waals surface area (Å²) in [5, 5.41) is 7.42. The highest BCUT2D eigenvalue weighted by molar-refractivity contribution is 7.16. The molecule has 1 aliphatic heterocycles. The number of halogens is 1. The number of nitrogens with two attached hydrogens (primary N) is 1. The van der Waals surface area contributed by atoms with Gasteiger partial charge >= 0.3 is 0 Å². The maximum absolute atomic E-state index is 6.48. The molecule has 9 heteroatoms. The normalized spacial score (nSPS) is 22.1. The highest BCUT2D eigenvalue weighted by atomic mass is 35.5. The summed E-state index contributed by atoms with van der Waals surface area (Å²) in [4.78, 5) is 17.0. The van der Waals surface area contributed by atoms with Gasteiger partial charge in [-0.1, -0.05) is 18.0 Å². The van der Waals surface area contributed by atoms with E-state index >= 15 is 0 Å². The van der Waals surface area contributed by atoms with Crippen molar-refractivity contribution in [1.29, 1.82) is 0 Å². The Kier molecular flexibility index (Phi) is 5.05. The van der Waals surface area contributed by atoms with Crippen LogP contribution in [-0.2, 0) is 5.54 Å². The van der Waals surface area contributed by atoms with Gasteiger partial charge in [0.25, 0.3) is 0 Å². The molecule has 1 saturated carbocycles. The van der Waals surface area contributed by atoms with Gasteiger partial charge in [0.2, 0.25) is 5.89 Å². The summed E-state index contributed by atoms with van der Waals surface area (Å²) in [5.74, 6) is 2.63. The van der Waals surface area contributed by atoms with Crippen molar-refractivity contribution in [3.8, 4) is 0 Å². The van der Waals surface area contributed by atoms with Gasteiger partial charge in [0, 0.05) is 13.1 Å². The van der Waals surface area contributed by atoms with Crippen LogP contribution in [-0.4, -0.2) is 33.2 Å². The molecule has 0 bridgehead atoms. The number of rotatable bonds is 3. The topological polar surface area (TPSA) is 94.0 Å². The first-order valence-electron chi connectivity index (χ1n) is 9.29. The van der Waals surface area contributed by atoms with Gasteiger partial charge in [-0.15, -0.1) is 23.7 Å². The lowest BCUT2D eigenvalue weighted by Crippen LogP contribution is -2.36.